The SMILES string of the molecule is Cc1[nH]ncc1-c1nc(C(N)CC(C)N)c2ccncc2n1. The van der Waals surface area contributed by atoms with E-state index in [-0.39, 0.29) is 12.1 Å². The molecule has 0 radical (unpaired) electrons. The highest BCUT2D eigenvalue weighted by atomic mass is 15.1. The van der Waals surface area contributed by atoms with Gasteiger partial charge in [-0.15, -0.1) is 0 Å². The summed E-state index contributed by atoms with van der Waals surface area (Å²) >= 11 is 0. The molecule has 3 heterocycles. The van der Waals surface area contributed by atoms with Gasteiger partial charge in [0, 0.05) is 29.4 Å². The summed E-state index contributed by atoms with van der Waals surface area (Å²) in [6.45, 7) is 3.87. The molecule has 0 fully saturated rings. The van der Waals surface area contributed by atoms with E-state index in [1.807, 2.05) is 19.9 Å². The van der Waals surface area contributed by atoms with Gasteiger partial charge in [0.15, 0.2) is 5.82 Å². The smallest absolute Gasteiger partial charge is 0.163 e. The first-order valence-corrected chi connectivity index (χ1v) is 7.19. The van der Waals surface area contributed by atoms with Crippen LogP contribution in [0.5, 0.6) is 0 Å². The number of fused-ring (bicyclic) bond motifs is 1. The van der Waals surface area contributed by atoms with Crippen molar-refractivity contribution in [1.82, 2.24) is 25.1 Å². The zero-order chi connectivity index (χ0) is 15.7. The lowest BCUT2D eigenvalue weighted by Crippen LogP contribution is -2.24. The van der Waals surface area contributed by atoms with Crippen LogP contribution in [0.15, 0.2) is 24.7 Å². The summed E-state index contributed by atoms with van der Waals surface area (Å²) in [7, 11) is 0. The molecule has 0 aliphatic heterocycles. The minimum Gasteiger partial charge on any atom is -0.328 e. The van der Waals surface area contributed by atoms with Crippen molar-refractivity contribution in [3.63, 3.8) is 0 Å². The minimum absolute atomic E-state index is 0.000893. The molecular formula is C15H19N7. The molecule has 7 heteroatoms. The molecule has 0 amide bonds. The van der Waals surface area contributed by atoms with Crippen LogP contribution in [0.2, 0.25) is 0 Å². The lowest BCUT2D eigenvalue weighted by Gasteiger charge is -2.16. The van der Waals surface area contributed by atoms with Crippen LogP contribution in [0.1, 0.15) is 30.8 Å². The number of aromatic amines is 1. The zero-order valence-corrected chi connectivity index (χ0v) is 12.6. The molecule has 22 heavy (non-hydrogen) atoms. The molecule has 2 atom stereocenters. The van der Waals surface area contributed by atoms with Crippen molar-refractivity contribution < 1.29 is 0 Å². The van der Waals surface area contributed by atoms with E-state index < -0.39 is 0 Å². The van der Waals surface area contributed by atoms with Crippen LogP contribution in [-0.2, 0) is 0 Å². The van der Waals surface area contributed by atoms with Gasteiger partial charge in [-0.1, -0.05) is 0 Å². The highest BCUT2D eigenvalue weighted by molar-refractivity contribution is 5.82. The van der Waals surface area contributed by atoms with E-state index in [0.29, 0.717) is 12.2 Å². The van der Waals surface area contributed by atoms with Gasteiger partial charge in [0.1, 0.15) is 0 Å². The van der Waals surface area contributed by atoms with E-state index in [0.717, 1.165) is 27.9 Å². The van der Waals surface area contributed by atoms with Gasteiger partial charge in [-0.3, -0.25) is 10.1 Å². The Morgan fingerprint density at radius 2 is 2.05 bits per heavy atom. The maximum absolute atomic E-state index is 6.31. The van der Waals surface area contributed by atoms with E-state index in [9.17, 15) is 0 Å². The molecule has 7 nitrogen and oxygen atoms in total. The zero-order valence-electron chi connectivity index (χ0n) is 12.6. The standard InChI is InChI=1S/C15H19N7/c1-8(16)5-12(17)14-10-3-4-18-7-13(10)20-15(21-14)11-6-19-22-9(11)2/h3-4,6-8,12H,5,16-17H2,1-2H3,(H,19,22). The fourth-order valence-electron chi connectivity index (χ4n) is 2.50. The Hall–Kier alpha value is -2.38. The predicted octanol–water partition coefficient (Wildman–Crippen LogP) is 1.46. The molecule has 3 rings (SSSR count). The monoisotopic (exact) mass is 297 g/mol. The number of pyridine rings is 1. The summed E-state index contributed by atoms with van der Waals surface area (Å²) < 4.78 is 0. The summed E-state index contributed by atoms with van der Waals surface area (Å²) in [5, 5.41) is 7.84. The molecule has 0 saturated heterocycles. The first-order chi connectivity index (χ1) is 10.6. The van der Waals surface area contributed by atoms with E-state index in [1.165, 1.54) is 0 Å². The van der Waals surface area contributed by atoms with Crippen LogP contribution in [0, 0.1) is 6.92 Å². The molecule has 114 valence electrons. The quantitative estimate of drug-likeness (QED) is 0.670. The Morgan fingerprint density at radius 3 is 2.73 bits per heavy atom. The van der Waals surface area contributed by atoms with Crippen LogP contribution in [0.25, 0.3) is 22.3 Å². The van der Waals surface area contributed by atoms with Crippen molar-refractivity contribution in [2.24, 2.45) is 11.5 Å². The van der Waals surface area contributed by atoms with Gasteiger partial charge in [-0.2, -0.15) is 5.10 Å². The number of rotatable bonds is 4. The number of H-pyrrole nitrogens is 1. The molecule has 0 aromatic carbocycles. The molecule has 0 aliphatic carbocycles. The van der Waals surface area contributed by atoms with Gasteiger partial charge >= 0.3 is 0 Å². The number of nitrogens with one attached hydrogen (secondary N) is 1. The Labute approximate surface area is 128 Å². The second-order valence-electron chi connectivity index (χ2n) is 5.55. The first kappa shape index (κ1) is 14.6. The number of nitrogens with zero attached hydrogens (tertiary/aromatic N) is 4. The third kappa shape index (κ3) is 2.68. The number of nitrogens with two attached hydrogens (primary N) is 2. The van der Waals surface area contributed by atoms with Gasteiger partial charge in [0.2, 0.25) is 0 Å². The molecule has 0 bridgehead atoms. The summed E-state index contributed by atoms with van der Waals surface area (Å²) in [6.07, 6.45) is 5.81. The van der Waals surface area contributed by atoms with Crippen LogP contribution in [-0.4, -0.2) is 31.2 Å². The van der Waals surface area contributed by atoms with Crippen LogP contribution < -0.4 is 11.5 Å². The van der Waals surface area contributed by atoms with Crippen LogP contribution in [0.4, 0.5) is 0 Å². The fraction of sp³-hybridized carbons (Fsp3) is 0.333. The summed E-state index contributed by atoms with van der Waals surface area (Å²) in [4.78, 5) is 13.4. The van der Waals surface area contributed by atoms with Gasteiger partial charge in [0.25, 0.3) is 0 Å². The first-order valence-electron chi connectivity index (χ1n) is 7.19. The highest BCUT2D eigenvalue weighted by Gasteiger charge is 2.18. The Kier molecular flexibility index (Phi) is 3.82. The van der Waals surface area contributed by atoms with Crippen molar-refractivity contribution in [1.29, 1.82) is 0 Å². The number of hydrogen-bond donors (Lipinski definition) is 3. The maximum Gasteiger partial charge on any atom is 0.163 e. The number of aryl methyl sites for hydroxylation is 1. The molecule has 0 aliphatic rings. The topological polar surface area (TPSA) is 119 Å². The van der Waals surface area contributed by atoms with Crippen molar-refractivity contribution in [3.05, 3.63) is 36.0 Å². The number of hydrogen-bond acceptors (Lipinski definition) is 6. The Bertz CT molecular complexity index is 793. The summed E-state index contributed by atoms with van der Waals surface area (Å²) in [5.41, 5.74) is 15.5. The molecule has 5 N–H and O–H groups in total. The van der Waals surface area contributed by atoms with E-state index in [2.05, 4.69) is 25.1 Å². The second-order valence-corrected chi connectivity index (χ2v) is 5.55. The van der Waals surface area contributed by atoms with E-state index in [4.69, 9.17) is 11.5 Å². The van der Waals surface area contributed by atoms with Gasteiger partial charge < -0.3 is 11.5 Å². The van der Waals surface area contributed by atoms with Crippen molar-refractivity contribution in [3.8, 4) is 11.4 Å². The molecular weight excluding hydrogens is 278 g/mol. The normalized spacial score (nSPS) is 14.2. The minimum atomic E-state index is -0.251. The molecule has 3 aromatic heterocycles. The van der Waals surface area contributed by atoms with Crippen molar-refractivity contribution >= 4 is 10.9 Å². The van der Waals surface area contributed by atoms with Gasteiger partial charge in [-0.05, 0) is 26.3 Å². The predicted molar refractivity (Wildman–Crippen MR) is 84.8 cm³/mol. The number of aromatic nitrogens is 5. The second kappa shape index (κ2) is 5.78. The highest BCUT2D eigenvalue weighted by Crippen LogP contribution is 2.26. The molecule has 2 unspecified atom stereocenters. The fourth-order valence-corrected chi connectivity index (χ4v) is 2.50. The molecule has 0 spiro atoms. The molecule has 3 aromatic rings. The average Bonchev–Trinajstić information content (AvgIpc) is 2.91. The van der Waals surface area contributed by atoms with Gasteiger partial charge in [-0.25, -0.2) is 9.97 Å². The summed E-state index contributed by atoms with van der Waals surface area (Å²) in [5.74, 6) is 0.599. The third-order valence-electron chi connectivity index (χ3n) is 3.58. The van der Waals surface area contributed by atoms with Crippen molar-refractivity contribution in [2.75, 3.05) is 0 Å². The van der Waals surface area contributed by atoms with Gasteiger partial charge in [0.05, 0.1) is 29.2 Å². The third-order valence-corrected chi connectivity index (χ3v) is 3.58. The maximum atomic E-state index is 6.31. The van der Waals surface area contributed by atoms with E-state index >= 15 is 0 Å². The van der Waals surface area contributed by atoms with Crippen LogP contribution in [0.3, 0.4) is 0 Å². The van der Waals surface area contributed by atoms with Crippen molar-refractivity contribution in [2.45, 2.75) is 32.4 Å². The summed E-state index contributed by atoms with van der Waals surface area (Å²) in [6, 6.07) is 1.64. The lowest BCUT2D eigenvalue weighted by atomic mass is 10.0. The largest absolute Gasteiger partial charge is 0.328 e. The average molecular weight is 297 g/mol. The molecule has 0 saturated carbocycles. The lowest BCUT2D eigenvalue weighted by molar-refractivity contribution is 0.561. The van der Waals surface area contributed by atoms with E-state index in [1.54, 1.807) is 18.6 Å². The Balaban J connectivity index is 2.18. The van der Waals surface area contributed by atoms with Crippen LogP contribution >= 0.6 is 0 Å². The Morgan fingerprint density at radius 1 is 1.23 bits per heavy atom.